The lowest BCUT2D eigenvalue weighted by Crippen LogP contribution is -2.58. The van der Waals surface area contributed by atoms with Gasteiger partial charge in [0, 0.05) is 12.8 Å². The Morgan fingerprint density at radius 3 is 1.84 bits per heavy atom. The Labute approximate surface area is 212 Å². The molecule has 0 radical (unpaired) electrons. The fourth-order valence-electron chi connectivity index (χ4n) is 3.21. The highest BCUT2D eigenvalue weighted by Gasteiger charge is 2.32. The number of carbonyl (C=O) groups excluding carboxylic acids is 3. The van der Waals surface area contributed by atoms with Crippen LogP contribution in [0, 0.1) is 5.92 Å². The normalized spacial score (nSPS) is 14.1. The average molecular weight is 525 g/mol. The summed E-state index contributed by atoms with van der Waals surface area (Å²) in [5, 5.41) is 43.7. The van der Waals surface area contributed by atoms with Gasteiger partial charge >= 0.3 is 17.9 Å². The van der Waals surface area contributed by atoms with E-state index >= 15 is 0 Å². The molecule has 1 rings (SSSR count). The lowest BCUT2D eigenvalue weighted by atomic mass is 10.0. The lowest BCUT2D eigenvalue weighted by Gasteiger charge is -2.26. The molecule has 3 amide bonds. The summed E-state index contributed by atoms with van der Waals surface area (Å²) in [7, 11) is 0. The quantitative estimate of drug-likeness (QED) is 0.135. The third kappa shape index (κ3) is 10.9. The summed E-state index contributed by atoms with van der Waals surface area (Å²) in [5.41, 5.74) is 6.01. The van der Waals surface area contributed by atoms with Crippen molar-refractivity contribution in [1.29, 1.82) is 0 Å². The Balaban J connectivity index is 3.18. The van der Waals surface area contributed by atoms with E-state index < -0.39 is 85.0 Å². The molecule has 0 aliphatic heterocycles. The minimum absolute atomic E-state index is 0.0475. The molecule has 0 aliphatic carbocycles. The smallest absolute Gasteiger partial charge is 0.326 e. The molecule has 204 valence electrons. The van der Waals surface area contributed by atoms with Gasteiger partial charge in [-0.3, -0.25) is 24.0 Å². The first-order chi connectivity index (χ1) is 17.2. The highest BCUT2D eigenvalue weighted by molar-refractivity contribution is 5.95. The first kappa shape index (κ1) is 30.8. The van der Waals surface area contributed by atoms with Gasteiger partial charge in [0.1, 0.15) is 23.9 Å². The zero-order valence-electron chi connectivity index (χ0n) is 20.3. The lowest BCUT2D eigenvalue weighted by molar-refractivity contribution is -0.143. The van der Waals surface area contributed by atoms with E-state index in [-0.39, 0.29) is 12.2 Å². The maximum atomic E-state index is 13.0. The predicted molar refractivity (Wildman–Crippen MR) is 127 cm³/mol. The molecule has 0 aromatic heterocycles. The van der Waals surface area contributed by atoms with E-state index in [0.717, 1.165) is 0 Å². The van der Waals surface area contributed by atoms with Crippen molar-refractivity contribution in [3.8, 4) is 5.75 Å². The molecule has 14 nitrogen and oxygen atoms in total. The molecular weight excluding hydrogens is 492 g/mol. The van der Waals surface area contributed by atoms with Gasteiger partial charge in [-0.15, -0.1) is 0 Å². The van der Waals surface area contributed by atoms with E-state index in [1.807, 2.05) is 0 Å². The number of nitrogens with one attached hydrogen (secondary N) is 3. The monoisotopic (exact) mass is 524 g/mol. The molecule has 0 aliphatic rings. The van der Waals surface area contributed by atoms with E-state index in [1.54, 1.807) is 13.8 Å². The van der Waals surface area contributed by atoms with E-state index in [0.29, 0.717) is 5.56 Å². The number of nitrogens with two attached hydrogens (primary N) is 1. The number of benzene rings is 1. The van der Waals surface area contributed by atoms with Gasteiger partial charge in [-0.05, 0) is 30.0 Å². The van der Waals surface area contributed by atoms with Crippen molar-refractivity contribution in [3.05, 3.63) is 29.8 Å². The van der Waals surface area contributed by atoms with Crippen molar-refractivity contribution in [1.82, 2.24) is 16.0 Å². The summed E-state index contributed by atoms with van der Waals surface area (Å²) in [6, 6.07) is 0.0222. The predicted octanol–water partition coefficient (Wildman–Crippen LogP) is -1.20. The molecule has 1 aromatic carbocycles. The number of hydrogen-bond donors (Lipinski definition) is 8. The minimum atomic E-state index is -1.52. The second kappa shape index (κ2) is 14.4. The van der Waals surface area contributed by atoms with Crippen molar-refractivity contribution in [2.75, 3.05) is 0 Å². The number of aliphatic carboxylic acids is 3. The van der Waals surface area contributed by atoms with Crippen molar-refractivity contribution < 1.29 is 49.2 Å². The number of carbonyl (C=O) groups is 6. The second-order valence-electron chi connectivity index (χ2n) is 8.70. The SMILES string of the molecule is CC(C)C(NC(=O)C(Cc1ccc(O)cc1)NC(=O)C(CCC(=O)O)NC(=O)C(N)CC(=O)O)C(=O)O. The number of carboxylic acid groups (broad SMARTS) is 3. The molecule has 0 bridgehead atoms. The highest BCUT2D eigenvalue weighted by Crippen LogP contribution is 2.13. The summed E-state index contributed by atoms with van der Waals surface area (Å²) >= 11 is 0. The van der Waals surface area contributed by atoms with Crippen LogP contribution < -0.4 is 21.7 Å². The molecule has 0 saturated heterocycles. The van der Waals surface area contributed by atoms with E-state index in [2.05, 4.69) is 16.0 Å². The van der Waals surface area contributed by atoms with Gasteiger partial charge in [0.15, 0.2) is 0 Å². The van der Waals surface area contributed by atoms with Gasteiger partial charge < -0.3 is 42.1 Å². The zero-order valence-corrected chi connectivity index (χ0v) is 20.3. The van der Waals surface area contributed by atoms with Gasteiger partial charge in [0.2, 0.25) is 17.7 Å². The Morgan fingerprint density at radius 2 is 1.35 bits per heavy atom. The molecule has 4 atom stereocenters. The topological polar surface area (TPSA) is 245 Å². The first-order valence-electron chi connectivity index (χ1n) is 11.3. The van der Waals surface area contributed by atoms with Crippen LogP contribution in [0.5, 0.6) is 5.75 Å². The number of aromatic hydroxyl groups is 1. The number of phenols is 1. The third-order valence-electron chi connectivity index (χ3n) is 5.25. The van der Waals surface area contributed by atoms with Gasteiger partial charge in [-0.25, -0.2) is 4.79 Å². The molecular formula is C23H32N4O10. The number of rotatable bonds is 15. The third-order valence-corrected chi connectivity index (χ3v) is 5.25. The average Bonchev–Trinajstić information content (AvgIpc) is 2.79. The Bertz CT molecular complexity index is 996. The minimum Gasteiger partial charge on any atom is -0.508 e. The number of phenolic OH excluding ortho intramolecular Hbond substituents is 1. The summed E-state index contributed by atoms with van der Waals surface area (Å²) in [5.74, 6) is -7.31. The number of carboxylic acids is 3. The van der Waals surface area contributed by atoms with Gasteiger partial charge in [0.25, 0.3) is 0 Å². The molecule has 4 unspecified atom stereocenters. The maximum Gasteiger partial charge on any atom is 0.326 e. The van der Waals surface area contributed by atoms with Crippen LogP contribution in [0.1, 0.15) is 38.7 Å². The Hall–Kier alpha value is -4.20. The fraction of sp³-hybridized carbons (Fsp3) is 0.478. The van der Waals surface area contributed by atoms with E-state index in [9.17, 15) is 39.0 Å². The van der Waals surface area contributed by atoms with Crippen LogP contribution in [0.3, 0.4) is 0 Å². The van der Waals surface area contributed by atoms with Crippen LogP contribution in [0.25, 0.3) is 0 Å². The molecule has 37 heavy (non-hydrogen) atoms. The van der Waals surface area contributed by atoms with Crippen LogP contribution in [0.2, 0.25) is 0 Å². The van der Waals surface area contributed by atoms with Crippen LogP contribution in [-0.2, 0) is 35.2 Å². The second-order valence-corrected chi connectivity index (χ2v) is 8.70. The van der Waals surface area contributed by atoms with Crippen molar-refractivity contribution in [2.24, 2.45) is 11.7 Å². The molecule has 1 aromatic rings. The van der Waals surface area contributed by atoms with Crippen LogP contribution >= 0.6 is 0 Å². The fourth-order valence-corrected chi connectivity index (χ4v) is 3.21. The summed E-state index contributed by atoms with van der Waals surface area (Å²) in [4.78, 5) is 71.8. The zero-order chi connectivity index (χ0) is 28.3. The highest BCUT2D eigenvalue weighted by atomic mass is 16.4. The largest absolute Gasteiger partial charge is 0.508 e. The molecule has 14 heteroatoms. The van der Waals surface area contributed by atoms with Gasteiger partial charge in [-0.2, -0.15) is 0 Å². The molecule has 9 N–H and O–H groups in total. The van der Waals surface area contributed by atoms with Crippen LogP contribution in [0.4, 0.5) is 0 Å². The summed E-state index contributed by atoms with van der Waals surface area (Å²) < 4.78 is 0. The Kier molecular flexibility index (Phi) is 12.0. The molecule has 0 heterocycles. The Morgan fingerprint density at radius 1 is 0.811 bits per heavy atom. The summed E-state index contributed by atoms with van der Waals surface area (Å²) in [6.07, 6.45) is -1.82. The molecule has 0 fully saturated rings. The van der Waals surface area contributed by atoms with Gasteiger partial charge in [-0.1, -0.05) is 26.0 Å². The maximum absolute atomic E-state index is 13.0. The standard InChI is InChI=1S/C23H32N4O10/c1-11(2)19(23(36)37)27-22(35)16(9-12-3-5-13(28)6-4-12)26-21(34)15(7-8-17(29)30)25-20(33)14(24)10-18(31)32/h3-6,11,14-16,19,28H,7-10,24H2,1-2H3,(H,25,33)(H,26,34)(H,27,35)(H,29,30)(H,31,32)(H,36,37). The van der Waals surface area contributed by atoms with Crippen LogP contribution in [0.15, 0.2) is 24.3 Å². The van der Waals surface area contributed by atoms with E-state index in [1.165, 1.54) is 24.3 Å². The van der Waals surface area contributed by atoms with Crippen molar-refractivity contribution in [3.63, 3.8) is 0 Å². The molecule has 0 saturated carbocycles. The molecule has 0 spiro atoms. The van der Waals surface area contributed by atoms with Crippen molar-refractivity contribution >= 4 is 35.6 Å². The van der Waals surface area contributed by atoms with Gasteiger partial charge in [0.05, 0.1) is 12.5 Å². The number of amides is 3. The van der Waals surface area contributed by atoms with E-state index in [4.69, 9.17) is 15.9 Å². The first-order valence-corrected chi connectivity index (χ1v) is 11.3. The summed E-state index contributed by atoms with van der Waals surface area (Å²) in [6.45, 7) is 3.15. The van der Waals surface area contributed by atoms with Crippen LogP contribution in [-0.4, -0.2) is 80.2 Å². The number of hydrogen-bond acceptors (Lipinski definition) is 8. The van der Waals surface area contributed by atoms with Crippen molar-refractivity contribution in [2.45, 2.75) is 63.7 Å².